The van der Waals surface area contributed by atoms with E-state index in [1.807, 2.05) is 18.2 Å². The minimum atomic E-state index is -0.112. The van der Waals surface area contributed by atoms with Crippen molar-refractivity contribution in [1.82, 2.24) is 5.43 Å². The fraction of sp³-hybridized carbons (Fsp3) is 0.385. The molecule has 3 nitrogen and oxygen atoms in total. The van der Waals surface area contributed by atoms with Crippen molar-refractivity contribution in [2.75, 3.05) is 11.8 Å². The van der Waals surface area contributed by atoms with Gasteiger partial charge in [-0.15, -0.1) is 23.2 Å². The molecule has 0 aliphatic rings. The summed E-state index contributed by atoms with van der Waals surface area (Å²) in [5.41, 5.74) is 4.25. The van der Waals surface area contributed by atoms with E-state index in [0.29, 0.717) is 12.1 Å². The Morgan fingerprint density at radius 1 is 1.17 bits per heavy atom. The number of alkyl halides is 2. The Labute approximate surface area is 117 Å². The predicted molar refractivity (Wildman–Crippen MR) is 76.4 cm³/mol. The van der Waals surface area contributed by atoms with Crippen molar-refractivity contribution in [2.45, 2.75) is 19.3 Å². The Hall–Kier alpha value is -1.06. The van der Waals surface area contributed by atoms with Gasteiger partial charge in [0.2, 0.25) is 5.91 Å². The van der Waals surface area contributed by atoms with Crippen LogP contribution in [-0.4, -0.2) is 23.4 Å². The number of carbonyl (C=O) groups excluding carboxylic acids is 1. The third-order valence-corrected chi connectivity index (χ3v) is 2.98. The topological polar surface area (TPSA) is 41.5 Å². The van der Waals surface area contributed by atoms with Crippen LogP contribution in [0, 0.1) is 0 Å². The molecule has 18 heavy (non-hydrogen) atoms. The first-order valence-electron chi connectivity index (χ1n) is 5.76. The Morgan fingerprint density at radius 3 is 2.44 bits per heavy atom. The van der Waals surface area contributed by atoms with E-state index in [0.717, 1.165) is 12.8 Å². The largest absolute Gasteiger partial charge is 0.273 e. The maximum Gasteiger partial charge on any atom is 0.240 e. The van der Waals surface area contributed by atoms with E-state index in [-0.39, 0.29) is 17.7 Å². The van der Waals surface area contributed by atoms with Gasteiger partial charge >= 0.3 is 0 Å². The monoisotopic (exact) mass is 286 g/mol. The molecule has 0 fully saturated rings. The van der Waals surface area contributed by atoms with E-state index in [2.05, 4.69) is 22.7 Å². The Kier molecular flexibility index (Phi) is 7.46. The van der Waals surface area contributed by atoms with Crippen molar-refractivity contribution < 1.29 is 4.79 Å². The molecule has 1 aromatic rings. The lowest BCUT2D eigenvalue weighted by atomic mass is 10.1. The lowest BCUT2D eigenvalue weighted by Crippen LogP contribution is -2.20. The molecule has 0 saturated carbocycles. The molecular weight excluding hydrogens is 271 g/mol. The quantitative estimate of drug-likeness (QED) is 0.467. The fourth-order valence-corrected chi connectivity index (χ4v) is 1.80. The van der Waals surface area contributed by atoms with Crippen LogP contribution in [0.15, 0.2) is 35.4 Å². The number of nitrogens with zero attached hydrogens (tertiary/aromatic N) is 1. The molecule has 0 radical (unpaired) electrons. The van der Waals surface area contributed by atoms with Crippen LogP contribution in [0.1, 0.15) is 18.4 Å². The van der Waals surface area contributed by atoms with E-state index in [4.69, 9.17) is 23.2 Å². The first kappa shape index (κ1) is 15.0. The van der Waals surface area contributed by atoms with E-state index >= 15 is 0 Å². The second-order valence-electron chi connectivity index (χ2n) is 3.82. The number of benzene rings is 1. The van der Waals surface area contributed by atoms with Crippen molar-refractivity contribution >= 4 is 34.8 Å². The van der Waals surface area contributed by atoms with Gasteiger partial charge in [0.05, 0.1) is 17.5 Å². The van der Waals surface area contributed by atoms with Gasteiger partial charge in [0, 0.05) is 6.42 Å². The Balaban J connectivity index is 2.23. The zero-order valence-corrected chi connectivity index (χ0v) is 11.5. The van der Waals surface area contributed by atoms with E-state index in [9.17, 15) is 4.79 Å². The average Bonchev–Trinajstić information content (AvgIpc) is 2.41. The van der Waals surface area contributed by atoms with Crippen LogP contribution in [-0.2, 0) is 11.2 Å². The summed E-state index contributed by atoms with van der Waals surface area (Å²) in [4.78, 5) is 11.5. The van der Waals surface area contributed by atoms with E-state index in [1.54, 1.807) is 0 Å². The van der Waals surface area contributed by atoms with Gasteiger partial charge in [-0.05, 0) is 18.4 Å². The summed E-state index contributed by atoms with van der Waals surface area (Å²) in [5, 5.41) is 3.84. The van der Waals surface area contributed by atoms with Gasteiger partial charge in [-0.1, -0.05) is 30.3 Å². The number of carbonyl (C=O) groups is 1. The van der Waals surface area contributed by atoms with Gasteiger partial charge in [-0.3, -0.25) is 4.79 Å². The average molecular weight is 287 g/mol. The van der Waals surface area contributed by atoms with Crippen LogP contribution in [0.2, 0.25) is 0 Å². The van der Waals surface area contributed by atoms with Gasteiger partial charge in [0.1, 0.15) is 0 Å². The maximum absolute atomic E-state index is 11.5. The second-order valence-corrected chi connectivity index (χ2v) is 4.35. The number of amides is 1. The molecule has 1 rings (SSSR count). The number of nitrogens with one attached hydrogen (secondary N) is 1. The maximum atomic E-state index is 11.5. The minimum absolute atomic E-state index is 0.112. The summed E-state index contributed by atoms with van der Waals surface area (Å²) in [6.07, 6.45) is 2.12. The molecule has 98 valence electrons. The summed E-state index contributed by atoms with van der Waals surface area (Å²) in [6, 6.07) is 10.1. The van der Waals surface area contributed by atoms with Gasteiger partial charge < -0.3 is 0 Å². The molecule has 1 aromatic carbocycles. The van der Waals surface area contributed by atoms with Crippen molar-refractivity contribution in [3.63, 3.8) is 0 Å². The van der Waals surface area contributed by atoms with Crippen LogP contribution < -0.4 is 5.43 Å². The summed E-state index contributed by atoms with van der Waals surface area (Å²) in [7, 11) is 0. The molecule has 0 saturated heterocycles. The Bertz CT molecular complexity index is 387. The molecule has 0 aliphatic carbocycles. The zero-order chi connectivity index (χ0) is 13.2. The van der Waals surface area contributed by atoms with Crippen molar-refractivity contribution in [1.29, 1.82) is 0 Å². The first-order valence-corrected chi connectivity index (χ1v) is 6.83. The molecular formula is C13H16Cl2N2O. The number of hydrazone groups is 1. The normalized spacial score (nSPS) is 9.89. The fourth-order valence-electron chi connectivity index (χ4n) is 1.39. The summed E-state index contributed by atoms with van der Waals surface area (Å²) in [5.74, 6) is 0.348. The van der Waals surface area contributed by atoms with Gasteiger partial charge in [0.25, 0.3) is 0 Å². The molecule has 0 aliphatic heterocycles. The number of rotatable bonds is 7. The van der Waals surface area contributed by atoms with Gasteiger partial charge in [0.15, 0.2) is 0 Å². The van der Waals surface area contributed by atoms with Gasteiger partial charge in [-0.25, -0.2) is 5.43 Å². The minimum Gasteiger partial charge on any atom is -0.273 e. The summed E-state index contributed by atoms with van der Waals surface area (Å²) in [6.45, 7) is 0. The van der Waals surface area contributed by atoms with Crippen LogP contribution in [0.4, 0.5) is 0 Å². The molecule has 1 N–H and O–H groups in total. The smallest absolute Gasteiger partial charge is 0.240 e. The third kappa shape index (κ3) is 6.03. The molecule has 0 bridgehead atoms. The highest BCUT2D eigenvalue weighted by Gasteiger charge is 2.01. The molecule has 0 aromatic heterocycles. The molecule has 0 atom stereocenters. The molecule has 0 spiro atoms. The number of hydrogen-bond acceptors (Lipinski definition) is 2. The lowest BCUT2D eigenvalue weighted by Gasteiger charge is -2.02. The van der Waals surface area contributed by atoms with Crippen LogP contribution in [0.3, 0.4) is 0 Å². The summed E-state index contributed by atoms with van der Waals surface area (Å²) >= 11 is 11.1. The first-order chi connectivity index (χ1) is 8.76. The predicted octanol–water partition coefficient (Wildman–Crippen LogP) is 2.96. The van der Waals surface area contributed by atoms with Crippen LogP contribution in [0.5, 0.6) is 0 Å². The standard InChI is InChI=1S/C13H16Cl2N2O/c14-9-12(10-15)16-17-13(18)8-4-7-11-5-2-1-3-6-11/h1-3,5-6H,4,7-10H2,(H,17,18). The second kappa shape index (κ2) is 8.95. The van der Waals surface area contributed by atoms with E-state index < -0.39 is 0 Å². The molecule has 1 amide bonds. The lowest BCUT2D eigenvalue weighted by molar-refractivity contribution is -0.121. The zero-order valence-electron chi connectivity index (χ0n) is 10.0. The van der Waals surface area contributed by atoms with Crippen molar-refractivity contribution in [2.24, 2.45) is 5.10 Å². The highest BCUT2D eigenvalue weighted by Crippen LogP contribution is 2.04. The third-order valence-electron chi connectivity index (χ3n) is 2.36. The van der Waals surface area contributed by atoms with Crippen LogP contribution in [0.25, 0.3) is 0 Å². The Morgan fingerprint density at radius 2 is 1.83 bits per heavy atom. The van der Waals surface area contributed by atoms with Gasteiger partial charge in [-0.2, -0.15) is 5.10 Å². The van der Waals surface area contributed by atoms with Crippen molar-refractivity contribution in [3.8, 4) is 0 Å². The molecule has 0 heterocycles. The number of aryl methyl sites for hydroxylation is 1. The van der Waals surface area contributed by atoms with E-state index in [1.165, 1.54) is 5.56 Å². The molecule has 0 unspecified atom stereocenters. The van der Waals surface area contributed by atoms with Crippen LogP contribution >= 0.6 is 23.2 Å². The molecule has 5 heteroatoms. The number of hydrogen-bond donors (Lipinski definition) is 1. The van der Waals surface area contributed by atoms with Crippen molar-refractivity contribution in [3.05, 3.63) is 35.9 Å². The number of halogens is 2. The highest BCUT2D eigenvalue weighted by atomic mass is 35.5. The summed E-state index contributed by atoms with van der Waals surface area (Å²) < 4.78 is 0. The SMILES string of the molecule is O=C(CCCc1ccccc1)NN=C(CCl)CCl. The highest BCUT2D eigenvalue weighted by molar-refractivity contribution is 6.36.